The first-order chi connectivity index (χ1) is 13.2. The zero-order chi connectivity index (χ0) is 20.7. The molecule has 0 fully saturated rings. The molecule has 28 heavy (non-hydrogen) atoms. The average Bonchev–Trinajstić information content (AvgIpc) is 2.98. The maximum absolute atomic E-state index is 13.2. The smallest absolute Gasteiger partial charge is 0.435 e. The van der Waals surface area contributed by atoms with Gasteiger partial charge in [0.1, 0.15) is 17.7 Å². The van der Waals surface area contributed by atoms with Crippen LogP contribution in [0.1, 0.15) is 25.1 Å². The van der Waals surface area contributed by atoms with Crippen LogP contribution in [0.4, 0.5) is 17.6 Å². The van der Waals surface area contributed by atoms with Crippen LogP contribution in [0.15, 0.2) is 35.5 Å². The number of halogens is 4. The Morgan fingerprint density at radius 2 is 2.07 bits per heavy atom. The van der Waals surface area contributed by atoms with Crippen LogP contribution in [0.5, 0.6) is 5.75 Å². The second-order valence-corrected chi connectivity index (χ2v) is 6.14. The van der Waals surface area contributed by atoms with Crippen molar-refractivity contribution in [1.29, 1.82) is 0 Å². The van der Waals surface area contributed by atoms with Crippen molar-refractivity contribution in [3.8, 4) is 5.75 Å². The van der Waals surface area contributed by atoms with E-state index in [1.54, 1.807) is 19.1 Å². The molecule has 0 saturated heterocycles. The van der Waals surface area contributed by atoms with Gasteiger partial charge in [0.15, 0.2) is 11.7 Å². The summed E-state index contributed by atoms with van der Waals surface area (Å²) in [6, 6.07) is 5.78. The molecule has 0 aliphatic carbocycles. The van der Waals surface area contributed by atoms with Gasteiger partial charge in [0.05, 0.1) is 13.1 Å². The molecule has 1 aromatic carbocycles. The molecule has 154 valence electrons. The molecule has 1 atom stereocenters. The van der Waals surface area contributed by atoms with Gasteiger partial charge in [-0.05, 0) is 26.0 Å². The number of hydrogen-bond acceptors (Lipinski definition) is 3. The standard InChI is InChI=1S/C18H23F4N5O/c1-4-23-17(24-9-12(2)28-15-7-5-6-14(19)8-15)25-10-13-11-27(3)26-16(13)18(20,21)22/h5-8,11-12H,4,9-10H2,1-3H3,(H2,23,24,25). The summed E-state index contributed by atoms with van der Waals surface area (Å²) in [4.78, 5) is 4.19. The van der Waals surface area contributed by atoms with E-state index in [9.17, 15) is 17.6 Å². The Morgan fingerprint density at radius 3 is 2.71 bits per heavy atom. The summed E-state index contributed by atoms with van der Waals surface area (Å²) in [6.45, 7) is 4.29. The Hall–Kier alpha value is -2.78. The average molecular weight is 401 g/mol. The predicted octanol–water partition coefficient (Wildman–Crippen LogP) is 3.10. The lowest BCUT2D eigenvalue weighted by Crippen LogP contribution is -2.41. The molecule has 10 heteroatoms. The maximum atomic E-state index is 13.2. The van der Waals surface area contributed by atoms with Crippen molar-refractivity contribution >= 4 is 5.96 Å². The first kappa shape index (κ1) is 21.5. The minimum atomic E-state index is -4.54. The zero-order valence-electron chi connectivity index (χ0n) is 15.8. The Bertz CT molecular complexity index is 804. The van der Waals surface area contributed by atoms with E-state index in [4.69, 9.17) is 4.74 Å². The minimum Gasteiger partial charge on any atom is -0.489 e. The van der Waals surface area contributed by atoms with Crippen LogP contribution in [0.3, 0.4) is 0 Å². The van der Waals surface area contributed by atoms with Gasteiger partial charge in [-0.3, -0.25) is 4.68 Å². The van der Waals surface area contributed by atoms with Crippen molar-refractivity contribution in [3.63, 3.8) is 0 Å². The number of nitrogens with zero attached hydrogens (tertiary/aromatic N) is 3. The number of alkyl halides is 3. The molecule has 0 bridgehead atoms. The normalized spacial score (nSPS) is 13.3. The number of nitrogens with one attached hydrogen (secondary N) is 2. The van der Waals surface area contributed by atoms with E-state index in [1.807, 2.05) is 6.92 Å². The monoisotopic (exact) mass is 401 g/mol. The van der Waals surface area contributed by atoms with Crippen molar-refractivity contribution in [3.05, 3.63) is 47.5 Å². The molecule has 0 radical (unpaired) electrons. The van der Waals surface area contributed by atoms with E-state index in [-0.39, 0.29) is 18.2 Å². The summed E-state index contributed by atoms with van der Waals surface area (Å²) in [6.07, 6.45) is -3.56. The summed E-state index contributed by atoms with van der Waals surface area (Å²) in [5.41, 5.74) is -0.964. The van der Waals surface area contributed by atoms with Crippen molar-refractivity contribution < 1.29 is 22.3 Å². The lowest BCUT2D eigenvalue weighted by Gasteiger charge is -2.17. The molecule has 1 heterocycles. The van der Waals surface area contributed by atoms with Crippen LogP contribution >= 0.6 is 0 Å². The van der Waals surface area contributed by atoms with E-state index in [0.29, 0.717) is 24.8 Å². The van der Waals surface area contributed by atoms with Crippen LogP contribution in [-0.2, 0) is 19.8 Å². The van der Waals surface area contributed by atoms with Gasteiger partial charge in [0.25, 0.3) is 0 Å². The van der Waals surface area contributed by atoms with Gasteiger partial charge in [-0.2, -0.15) is 18.3 Å². The van der Waals surface area contributed by atoms with E-state index < -0.39 is 17.7 Å². The van der Waals surface area contributed by atoms with Gasteiger partial charge in [-0.25, -0.2) is 9.38 Å². The third kappa shape index (κ3) is 6.43. The number of benzene rings is 1. The molecule has 0 aliphatic heterocycles. The molecule has 2 rings (SSSR count). The second kappa shape index (κ2) is 9.43. The maximum Gasteiger partial charge on any atom is 0.435 e. The van der Waals surface area contributed by atoms with Crippen LogP contribution in [-0.4, -0.2) is 34.9 Å². The highest BCUT2D eigenvalue weighted by Gasteiger charge is 2.36. The SMILES string of the molecule is CCNC(=NCc1cn(C)nc1C(F)(F)F)NCC(C)Oc1cccc(F)c1. The highest BCUT2D eigenvalue weighted by molar-refractivity contribution is 5.79. The fraction of sp³-hybridized carbons (Fsp3) is 0.444. The Kier molecular flexibility index (Phi) is 7.24. The summed E-state index contributed by atoms with van der Waals surface area (Å²) < 4.78 is 59.0. The highest BCUT2D eigenvalue weighted by atomic mass is 19.4. The lowest BCUT2D eigenvalue weighted by molar-refractivity contribution is -0.142. The predicted molar refractivity (Wildman–Crippen MR) is 97.5 cm³/mol. The number of aromatic nitrogens is 2. The summed E-state index contributed by atoms with van der Waals surface area (Å²) >= 11 is 0. The fourth-order valence-electron chi connectivity index (χ4n) is 2.45. The zero-order valence-corrected chi connectivity index (χ0v) is 15.8. The van der Waals surface area contributed by atoms with Crippen LogP contribution in [0.2, 0.25) is 0 Å². The lowest BCUT2D eigenvalue weighted by atomic mass is 10.2. The number of hydrogen-bond donors (Lipinski definition) is 2. The molecule has 2 aromatic rings. The molecule has 0 spiro atoms. The Labute approximate surface area is 160 Å². The molecular weight excluding hydrogens is 378 g/mol. The highest BCUT2D eigenvalue weighted by Crippen LogP contribution is 2.30. The largest absolute Gasteiger partial charge is 0.489 e. The van der Waals surface area contributed by atoms with E-state index >= 15 is 0 Å². The third-order valence-corrected chi connectivity index (χ3v) is 3.62. The summed E-state index contributed by atoms with van der Waals surface area (Å²) in [5, 5.41) is 9.43. The second-order valence-electron chi connectivity index (χ2n) is 6.14. The third-order valence-electron chi connectivity index (χ3n) is 3.62. The molecule has 0 saturated carbocycles. The molecule has 2 N–H and O–H groups in total. The minimum absolute atomic E-state index is 0.0173. The summed E-state index contributed by atoms with van der Waals surface area (Å²) in [5.74, 6) is 0.333. The van der Waals surface area contributed by atoms with Crippen molar-refractivity contribution in [2.24, 2.45) is 12.0 Å². The van der Waals surface area contributed by atoms with E-state index in [2.05, 4.69) is 20.7 Å². The van der Waals surface area contributed by atoms with Gasteiger partial charge >= 0.3 is 6.18 Å². The number of aryl methyl sites for hydroxylation is 1. The molecule has 6 nitrogen and oxygen atoms in total. The topological polar surface area (TPSA) is 63.5 Å². The quantitative estimate of drug-likeness (QED) is 0.425. The van der Waals surface area contributed by atoms with Gasteiger partial charge in [-0.1, -0.05) is 6.07 Å². The van der Waals surface area contributed by atoms with Crippen molar-refractivity contribution in [1.82, 2.24) is 20.4 Å². The molecular formula is C18H23F4N5O. The molecule has 1 unspecified atom stereocenters. The van der Waals surface area contributed by atoms with Crippen LogP contribution in [0, 0.1) is 5.82 Å². The molecule has 0 amide bonds. The van der Waals surface area contributed by atoms with Crippen molar-refractivity contribution in [2.45, 2.75) is 32.7 Å². The van der Waals surface area contributed by atoms with Crippen LogP contribution < -0.4 is 15.4 Å². The number of ether oxygens (including phenoxy) is 1. The van der Waals surface area contributed by atoms with Crippen molar-refractivity contribution in [2.75, 3.05) is 13.1 Å². The fourth-order valence-corrected chi connectivity index (χ4v) is 2.45. The Balaban J connectivity index is 1.99. The van der Waals surface area contributed by atoms with Crippen LogP contribution in [0.25, 0.3) is 0 Å². The van der Waals surface area contributed by atoms with E-state index in [1.165, 1.54) is 25.4 Å². The number of aliphatic imine (C=N–C) groups is 1. The first-order valence-electron chi connectivity index (χ1n) is 8.73. The first-order valence-corrected chi connectivity index (χ1v) is 8.73. The Morgan fingerprint density at radius 1 is 1.32 bits per heavy atom. The van der Waals surface area contributed by atoms with Gasteiger partial charge in [-0.15, -0.1) is 0 Å². The van der Waals surface area contributed by atoms with E-state index in [0.717, 1.165) is 4.68 Å². The number of guanidine groups is 1. The molecule has 1 aromatic heterocycles. The van der Waals surface area contributed by atoms with Gasteiger partial charge < -0.3 is 15.4 Å². The number of rotatable bonds is 7. The van der Waals surface area contributed by atoms with Gasteiger partial charge in [0, 0.05) is 31.4 Å². The molecule has 0 aliphatic rings. The van der Waals surface area contributed by atoms with Gasteiger partial charge in [0.2, 0.25) is 0 Å². The summed E-state index contributed by atoms with van der Waals surface area (Å²) in [7, 11) is 1.43.